The second kappa shape index (κ2) is 6.50. The maximum Gasteiger partial charge on any atom is 0.254 e. The van der Waals surface area contributed by atoms with Crippen LogP contribution in [0.5, 0.6) is 0 Å². The lowest BCUT2D eigenvalue weighted by molar-refractivity contribution is 0.0955. The third kappa shape index (κ3) is 4.32. The highest BCUT2D eigenvalue weighted by atomic mass is 35.5. The summed E-state index contributed by atoms with van der Waals surface area (Å²) in [6, 6.07) is 7.06. The van der Waals surface area contributed by atoms with E-state index in [1.807, 2.05) is 0 Å². The molecule has 1 aromatic carbocycles. The molecule has 0 fully saturated rings. The molecular weight excluding hydrogens is 326 g/mol. The predicted molar refractivity (Wildman–Crippen MR) is 85.4 cm³/mol. The summed E-state index contributed by atoms with van der Waals surface area (Å²) in [4.78, 5) is 12.1. The molecule has 0 saturated carbocycles. The number of hydrogen-bond acceptors (Lipinski definition) is 4. The summed E-state index contributed by atoms with van der Waals surface area (Å²) >= 11 is 5.84. The number of aryl methyl sites for hydroxylation is 1. The first-order chi connectivity index (χ1) is 10.3. The molecule has 1 N–H and O–H groups in total. The maximum atomic E-state index is 12.1. The van der Waals surface area contributed by atoms with E-state index in [2.05, 4.69) is 10.4 Å². The van der Waals surface area contributed by atoms with Crippen LogP contribution >= 0.6 is 11.6 Å². The van der Waals surface area contributed by atoms with Crippen LogP contribution in [0.2, 0.25) is 5.02 Å². The Morgan fingerprint density at radius 3 is 2.55 bits per heavy atom. The van der Waals surface area contributed by atoms with E-state index in [4.69, 9.17) is 11.6 Å². The number of nitrogens with one attached hydrogen (secondary N) is 1. The zero-order valence-electron chi connectivity index (χ0n) is 12.2. The lowest BCUT2D eigenvalue weighted by Gasteiger charge is -2.03. The van der Waals surface area contributed by atoms with Gasteiger partial charge in [-0.1, -0.05) is 11.6 Å². The van der Waals surface area contributed by atoms with Crippen LogP contribution in [0.25, 0.3) is 5.69 Å². The fourth-order valence-electron chi connectivity index (χ4n) is 1.85. The van der Waals surface area contributed by atoms with Crippen molar-refractivity contribution < 1.29 is 13.2 Å². The Hall–Kier alpha value is -1.86. The van der Waals surface area contributed by atoms with Crippen molar-refractivity contribution in [3.8, 4) is 5.69 Å². The third-order valence-corrected chi connectivity index (χ3v) is 4.19. The molecular formula is C14H16ClN3O3S. The molecule has 0 aliphatic heterocycles. The minimum atomic E-state index is -3.10. The van der Waals surface area contributed by atoms with Crippen LogP contribution in [0, 0.1) is 6.92 Å². The molecule has 1 amide bonds. The van der Waals surface area contributed by atoms with Gasteiger partial charge in [-0.05, 0) is 31.2 Å². The Labute approximate surface area is 134 Å². The molecule has 0 radical (unpaired) electrons. The molecule has 0 unspecified atom stereocenters. The number of carbonyl (C=O) groups is 1. The standard InChI is InChI=1S/C14H16ClN3O3S/c1-10-13(14(19)16-7-8-22(2,20)21)9-18(17-10)12-5-3-11(15)4-6-12/h3-6,9H,7-8H2,1-2H3,(H,16,19). The van der Waals surface area contributed by atoms with Crippen LogP contribution in [0.1, 0.15) is 16.1 Å². The van der Waals surface area contributed by atoms with Crippen LogP contribution in [0.15, 0.2) is 30.5 Å². The maximum absolute atomic E-state index is 12.1. The van der Waals surface area contributed by atoms with Crippen LogP contribution in [0.4, 0.5) is 0 Å². The first kappa shape index (κ1) is 16.5. The van der Waals surface area contributed by atoms with Crippen molar-refractivity contribution in [2.75, 3.05) is 18.6 Å². The quantitative estimate of drug-likeness (QED) is 0.895. The predicted octanol–water partition coefficient (Wildman–Crippen LogP) is 1.61. The number of nitrogens with zero attached hydrogens (tertiary/aromatic N) is 2. The Morgan fingerprint density at radius 1 is 1.32 bits per heavy atom. The molecule has 0 aliphatic carbocycles. The average Bonchev–Trinajstić information content (AvgIpc) is 2.80. The molecule has 0 spiro atoms. The molecule has 1 aromatic heterocycles. The molecule has 1 heterocycles. The minimum Gasteiger partial charge on any atom is -0.351 e. The van der Waals surface area contributed by atoms with Gasteiger partial charge in [0.15, 0.2) is 0 Å². The normalized spacial score (nSPS) is 11.4. The second-order valence-corrected chi connectivity index (χ2v) is 7.63. The van der Waals surface area contributed by atoms with E-state index < -0.39 is 9.84 Å². The lowest BCUT2D eigenvalue weighted by Crippen LogP contribution is -2.28. The van der Waals surface area contributed by atoms with Gasteiger partial charge in [0.05, 0.1) is 22.7 Å². The zero-order chi connectivity index (χ0) is 16.3. The largest absolute Gasteiger partial charge is 0.351 e. The molecule has 8 heteroatoms. The SMILES string of the molecule is Cc1nn(-c2ccc(Cl)cc2)cc1C(=O)NCCS(C)(=O)=O. The zero-order valence-corrected chi connectivity index (χ0v) is 13.8. The van der Waals surface area contributed by atoms with Gasteiger partial charge in [0.1, 0.15) is 9.84 Å². The highest BCUT2D eigenvalue weighted by Crippen LogP contribution is 2.15. The molecule has 2 aromatic rings. The number of sulfone groups is 1. The van der Waals surface area contributed by atoms with E-state index >= 15 is 0 Å². The molecule has 22 heavy (non-hydrogen) atoms. The highest BCUT2D eigenvalue weighted by molar-refractivity contribution is 7.90. The molecule has 118 valence electrons. The van der Waals surface area contributed by atoms with Gasteiger partial charge in [-0.25, -0.2) is 13.1 Å². The summed E-state index contributed by atoms with van der Waals surface area (Å²) in [5.74, 6) is -0.440. The van der Waals surface area contributed by atoms with Crippen molar-refractivity contribution in [2.24, 2.45) is 0 Å². The van der Waals surface area contributed by atoms with E-state index in [0.29, 0.717) is 16.3 Å². The number of halogens is 1. The smallest absolute Gasteiger partial charge is 0.254 e. The van der Waals surface area contributed by atoms with Crippen molar-refractivity contribution in [3.63, 3.8) is 0 Å². The first-order valence-electron chi connectivity index (χ1n) is 6.54. The van der Waals surface area contributed by atoms with Gasteiger partial charge in [-0.3, -0.25) is 4.79 Å². The lowest BCUT2D eigenvalue weighted by atomic mass is 10.2. The van der Waals surface area contributed by atoms with Gasteiger partial charge in [0, 0.05) is 24.0 Å². The Bertz CT molecular complexity index is 782. The van der Waals surface area contributed by atoms with E-state index in [-0.39, 0.29) is 18.2 Å². The second-order valence-electron chi connectivity index (χ2n) is 4.93. The number of aromatic nitrogens is 2. The number of amides is 1. The Kier molecular flexibility index (Phi) is 4.87. The van der Waals surface area contributed by atoms with Gasteiger partial charge in [0.25, 0.3) is 5.91 Å². The van der Waals surface area contributed by atoms with Crippen LogP contribution in [-0.4, -0.2) is 42.7 Å². The van der Waals surface area contributed by atoms with Gasteiger partial charge >= 0.3 is 0 Å². The number of hydrogen-bond donors (Lipinski definition) is 1. The van der Waals surface area contributed by atoms with Crippen LogP contribution in [0.3, 0.4) is 0 Å². The summed E-state index contributed by atoms with van der Waals surface area (Å²) < 4.78 is 23.7. The monoisotopic (exact) mass is 341 g/mol. The summed E-state index contributed by atoms with van der Waals surface area (Å²) in [6.45, 7) is 1.79. The molecule has 0 saturated heterocycles. The van der Waals surface area contributed by atoms with Crippen molar-refractivity contribution in [2.45, 2.75) is 6.92 Å². The topological polar surface area (TPSA) is 81.1 Å². The van der Waals surface area contributed by atoms with Gasteiger partial charge in [0.2, 0.25) is 0 Å². The third-order valence-electron chi connectivity index (χ3n) is 2.99. The molecule has 0 bridgehead atoms. The van der Waals surface area contributed by atoms with Gasteiger partial charge in [-0.2, -0.15) is 5.10 Å². The minimum absolute atomic E-state index is 0.0727. The number of rotatable bonds is 5. The highest BCUT2D eigenvalue weighted by Gasteiger charge is 2.14. The van der Waals surface area contributed by atoms with E-state index in [1.165, 1.54) is 0 Å². The van der Waals surface area contributed by atoms with E-state index in [1.54, 1.807) is 42.1 Å². The molecule has 0 aliphatic rings. The Morgan fingerprint density at radius 2 is 1.95 bits per heavy atom. The number of benzene rings is 1. The van der Waals surface area contributed by atoms with E-state index in [0.717, 1.165) is 11.9 Å². The van der Waals surface area contributed by atoms with Gasteiger partial charge < -0.3 is 5.32 Å². The summed E-state index contributed by atoms with van der Waals surface area (Å²) in [7, 11) is -3.10. The fourth-order valence-corrected chi connectivity index (χ4v) is 2.45. The fraction of sp³-hybridized carbons (Fsp3) is 0.286. The van der Waals surface area contributed by atoms with Gasteiger partial charge in [-0.15, -0.1) is 0 Å². The van der Waals surface area contributed by atoms with Crippen LogP contribution < -0.4 is 5.32 Å². The molecule has 2 rings (SSSR count). The van der Waals surface area contributed by atoms with Crippen molar-refractivity contribution in [1.29, 1.82) is 0 Å². The van der Waals surface area contributed by atoms with Crippen molar-refractivity contribution in [3.05, 3.63) is 46.7 Å². The first-order valence-corrected chi connectivity index (χ1v) is 8.98. The van der Waals surface area contributed by atoms with Crippen molar-refractivity contribution in [1.82, 2.24) is 15.1 Å². The Balaban J connectivity index is 2.12. The summed E-state index contributed by atoms with van der Waals surface area (Å²) in [5, 5.41) is 7.48. The summed E-state index contributed by atoms with van der Waals surface area (Å²) in [5.41, 5.74) is 1.75. The molecule has 0 atom stereocenters. The van der Waals surface area contributed by atoms with E-state index in [9.17, 15) is 13.2 Å². The summed E-state index contributed by atoms with van der Waals surface area (Å²) in [6.07, 6.45) is 2.73. The van der Waals surface area contributed by atoms with Crippen molar-refractivity contribution >= 4 is 27.3 Å². The molecule has 6 nitrogen and oxygen atoms in total. The number of carbonyl (C=O) groups excluding carboxylic acids is 1. The van der Waals surface area contributed by atoms with Crippen LogP contribution in [-0.2, 0) is 9.84 Å². The average molecular weight is 342 g/mol.